The van der Waals surface area contributed by atoms with Crippen molar-refractivity contribution in [3.63, 3.8) is 0 Å². The van der Waals surface area contributed by atoms with Crippen LogP contribution in [0.15, 0.2) is 36.4 Å². The van der Waals surface area contributed by atoms with Crippen molar-refractivity contribution >= 4 is 17.7 Å². The maximum absolute atomic E-state index is 12.4. The molecule has 1 aromatic carbocycles. The number of aryl methyl sites for hydroxylation is 1. The summed E-state index contributed by atoms with van der Waals surface area (Å²) in [6.07, 6.45) is 3.80. The van der Waals surface area contributed by atoms with Gasteiger partial charge in [-0.05, 0) is 38.0 Å². The SMILES string of the molecule is CCN(C(=O)NC1C=CC(C(=O)O)C1)c1cccc(C)c1. The zero-order chi connectivity index (χ0) is 15.4. The number of amides is 2. The van der Waals surface area contributed by atoms with Gasteiger partial charge in [0.2, 0.25) is 0 Å². The van der Waals surface area contributed by atoms with Gasteiger partial charge in [0, 0.05) is 12.2 Å². The summed E-state index contributed by atoms with van der Waals surface area (Å²) < 4.78 is 0. The van der Waals surface area contributed by atoms with E-state index in [1.54, 1.807) is 17.1 Å². The minimum atomic E-state index is -0.853. The largest absolute Gasteiger partial charge is 0.481 e. The van der Waals surface area contributed by atoms with Crippen LogP contribution in [0.25, 0.3) is 0 Å². The molecule has 0 aliphatic heterocycles. The number of hydrogen-bond donors (Lipinski definition) is 2. The highest BCUT2D eigenvalue weighted by Gasteiger charge is 2.26. The Morgan fingerprint density at radius 3 is 2.71 bits per heavy atom. The second-order valence-corrected chi connectivity index (χ2v) is 5.20. The van der Waals surface area contributed by atoms with E-state index in [0.29, 0.717) is 13.0 Å². The Labute approximate surface area is 124 Å². The molecule has 2 unspecified atom stereocenters. The molecular formula is C16H20N2O3. The van der Waals surface area contributed by atoms with Crippen LogP contribution in [-0.2, 0) is 4.79 Å². The summed E-state index contributed by atoms with van der Waals surface area (Å²) in [4.78, 5) is 24.9. The van der Waals surface area contributed by atoms with Gasteiger partial charge in [-0.2, -0.15) is 0 Å². The van der Waals surface area contributed by atoms with Gasteiger partial charge in [-0.3, -0.25) is 9.69 Å². The van der Waals surface area contributed by atoms with Crippen molar-refractivity contribution in [2.75, 3.05) is 11.4 Å². The molecule has 0 heterocycles. The molecule has 112 valence electrons. The number of anilines is 1. The van der Waals surface area contributed by atoms with E-state index in [4.69, 9.17) is 5.11 Å². The van der Waals surface area contributed by atoms with E-state index in [0.717, 1.165) is 11.3 Å². The van der Waals surface area contributed by atoms with E-state index in [9.17, 15) is 9.59 Å². The highest BCUT2D eigenvalue weighted by Crippen LogP contribution is 2.20. The van der Waals surface area contributed by atoms with Crippen LogP contribution in [0.5, 0.6) is 0 Å². The zero-order valence-electron chi connectivity index (χ0n) is 12.2. The maximum Gasteiger partial charge on any atom is 0.322 e. The number of nitrogens with zero attached hydrogens (tertiary/aromatic N) is 1. The average Bonchev–Trinajstić information content (AvgIpc) is 2.88. The maximum atomic E-state index is 12.4. The van der Waals surface area contributed by atoms with Crippen molar-refractivity contribution in [1.82, 2.24) is 5.32 Å². The number of aliphatic carboxylic acids is 1. The van der Waals surface area contributed by atoms with Crippen molar-refractivity contribution in [3.8, 4) is 0 Å². The van der Waals surface area contributed by atoms with Crippen LogP contribution in [0.2, 0.25) is 0 Å². The third-order valence-corrected chi connectivity index (χ3v) is 3.58. The van der Waals surface area contributed by atoms with E-state index in [1.807, 2.05) is 38.1 Å². The summed E-state index contributed by atoms with van der Waals surface area (Å²) in [7, 11) is 0. The van der Waals surface area contributed by atoms with Crippen LogP contribution in [-0.4, -0.2) is 29.7 Å². The molecule has 0 bridgehead atoms. The van der Waals surface area contributed by atoms with Gasteiger partial charge >= 0.3 is 12.0 Å². The fraction of sp³-hybridized carbons (Fsp3) is 0.375. The third-order valence-electron chi connectivity index (χ3n) is 3.58. The predicted molar refractivity (Wildman–Crippen MR) is 81.4 cm³/mol. The predicted octanol–water partition coefficient (Wildman–Crippen LogP) is 2.56. The number of carboxylic acids is 1. The summed E-state index contributed by atoms with van der Waals surface area (Å²) in [5.74, 6) is -1.36. The van der Waals surface area contributed by atoms with Crippen molar-refractivity contribution in [3.05, 3.63) is 42.0 Å². The molecule has 1 aliphatic carbocycles. The van der Waals surface area contributed by atoms with Gasteiger partial charge in [0.15, 0.2) is 0 Å². The highest BCUT2D eigenvalue weighted by molar-refractivity contribution is 5.92. The van der Waals surface area contributed by atoms with Crippen molar-refractivity contribution < 1.29 is 14.7 Å². The fourth-order valence-corrected chi connectivity index (χ4v) is 2.46. The Morgan fingerprint density at radius 2 is 2.14 bits per heavy atom. The molecule has 1 aromatic rings. The molecule has 2 amide bonds. The first kappa shape index (κ1) is 15.1. The first-order valence-electron chi connectivity index (χ1n) is 7.07. The van der Waals surface area contributed by atoms with E-state index in [1.165, 1.54) is 0 Å². The van der Waals surface area contributed by atoms with Crippen LogP contribution in [0.1, 0.15) is 18.9 Å². The van der Waals surface area contributed by atoms with E-state index >= 15 is 0 Å². The number of rotatable bonds is 4. The lowest BCUT2D eigenvalue weighted by molar-refractivity contribution is -0.140. The average molecular weight is 288 g/mol. The summed E-state index contributed by atoms with van der Waals surface area (Å²) in [5, 5.41) is 11.8. The third kappa shape index (κ3) is 3.62. The number of carboxylic acid groups (broad SMARTS) is 1. The van der Waals surface area contributed by atoms with Gasteiger partial charge in [-0.15, -0.1) is 0 Å². The van der Waals surface area contributed by atoms with Crippen molar-refractivity contribution in [2.24, 2.45) is 5.92 Å². The Balaban J connectivity index is 2.02. The first-order chi connectivity index (χ1) is 10.0. The minimum Gasteiger partial charge on any atom is -0.481 e. The molecule has 1 aliphatic rings. The Bertz CT molecular complexity index is 568. The van der Waals surface area contributed by atoms with Crippen LogP contribution >= 0.6 is 0 Å². The first-order valence-corrected chi connectivity index (χ1v) is 7.07. The molecule has 2 atom stereocenters. The Hall–Kier alpha value is -2.30. The molecule has 5 heteroatoms. The van der Waals surface area contributed by atoms with Crippen LogP contribution in [0, 0.1) is 12.8 Å². The summed E-state index contributed by atoms with van der Waals surface area (Å²) >= 11 is 0. The second-order valence-electron chi connectivity index (χ2n) is 5.20. The van der Waals surface area contributed by atoms with E-state index in [-0.39, 0.29) is 12.1 Å². The minimum absolute atomic E-state index is 0.205. The molecule has 0 saturated heterocycles. The van der Waals surface area contributed by atoms with Crippen LogP contribution in [0.4, 0.5) is 10.5 Å². The molecule has 21 heavy (non-hydrogen) atoms. The van der Waals surface area contributed by atoms with Gasteiger partial charge < -0.3 is 10.4 Å². The number of carbonyl (C=O) groups is 2. The standard InChI is InChI=1S/C16H20N2O3/c1-3-18(14-6-4-5-11(2)9-14)16(21)17-13-8-7-12(10-13)15(19)20/h4-9,12-13H,3,10H2,1-2H3,(H,17,21)(H,19,20). The molecule has 2 N–H and O–H groups in total. The lowest BCUT2D eigenvalue weighted by Crippen LogP contribution is -2.44. The zero-order valence-corrected chi connectivity index (χ0v) is 12.2. The number of urea groups is 1. The molecule has 0 radical (unpaired) electrons. The van der Waals surface area contributed by atoms with Gasteiger partial charge in [-0.1, -0.05) is 24.3 Å². The molecule has 0 aromatic heterocycles. The lowest BCUT2D eigenvalue weighted by atomic mass is 10.1. The Kier molecular flexibility index (Phi) is 4.62. The van der Waals surface area contributed by atoms with E-state index < -0.39 is 11.9 Å². The molecule has 2 rings (SSSR count). The molecule has 5 nitrogen and oxygen atoms in total. The van der Waals surface area contributed by atoms with Crippen molar-refractivity contribution in [2.45, 2.75) is 26.3 Å². The lowest BCUT2D eigenvalue weighted by Gasteiger charge is -2.24. The highest BCUT2D eigenvalue weighted by atomic mass is 16.4. The van der Waals surface area contributed by atoms with Crippen molar-refractivity contribution in [1.29, 1.82) is 0 Å². The summed E-state index contributed by atoms with van der Waals surface area (Å²) in [6, 6.07) is 7.30. The summed E-state index contributed by atoms with van der Waals surface area (Å²) in [6.45, 7) is 4.44. The quantitative estimate of drug-likeness (QED) is 0.837. The van der Waals surface area contributed by atoms with E-state index in [2.05, 4.69) is 5.32 Å². The number of hydrogen-bond acceptors (Lipinski definition) is 2. The van der Waals surface area contributed by atoms with Gasteiger partial charge in [0.1, 0.15) is 0 Å². The summed E-state index contributed by atoms with van der Waals surface area (Å²) in [5.41, 5.74) is 1.93. The van der Waals surface area contributed by atoms with Crippen LogP contribution < -0.4 is 10.2 Å². The number of nitrogens with one attached hydrogen (secondary N) is 1. The van der Waals surface area contributed by atoms with Crippen LogP contribution in [0.3, 0.4) is 0 Å². The Morgan fingerprint density at radius 1 is 1.38 bits per heavy atom. The molecule has 0 spiro atoms. The monoisotopic (exact) mass is 288 g/mol. The van der Waals surface area contributed by atoms with Gasteiger partial charge in [-0.25, -0.2) is 4.79 Å². The molecule has 0 fully saturated rings. The number of benzene rings is 1. The topological polar surface area (TPSA) is 69.6 Å². The second kappa shape index (κ2) is 6.43. The smallest absolute Gasteiger partial charge is 0.322 e. The molecule has 0 saturated carbocycles. The number of carbonyl (C=O) groups excluding carboxylic acids is 1. The molecular weight excluding hydrogens is 268 g/mol. The van der Waals surface area contributed by atoms with Gasteiger partial charge in [0.05, 0.1) is 12.0 Å². The normalized spacial score (nSPS) is 20.3. The van der Waals surface area contributed by atoms with Gasteiger partial charge in [0.25, 0.3) is 0 Å². The fourth-order valence-electron chi connectivity index (χ4n) is 2.46.